The predicted molar refractivity (Wildman–Crippen MR) is 118 cm³/mol. The van der Waals surface area contributed by atoms with Gasteiger partial charge in [-0.3, -0.25) is 14.3 Å². The lowest BCUT2D eigenvalue weighted by Crippen LogP contribution is -2.41. The summed E-state index contributed by atoms with van der Waals surface area (Å²) < 4.78 is 18.0. The van der Waals surface area contributed by atoms with Gasteiger partial charge in [-0.2, -0.15) is 10.2 Å². The molecule has 0 spiro atoms. The molecule has 0 unspecified atom stereocenters. The number of rotatable bonds is 5. The van der Waals surface area contributed by atoms with Crippen LogP contribution >= 0.6 is 0 Å². The summed E-state index contributed by atoms with van der Waals surface area (Å²) in [6, 6.07) is 6.34. The summed E-state index contributed by atoms with van der Waals surface area (Å²) in [5.41, 5.74) is 2.90. The van der Waals surface area contributed by atoms with Gasteiger partial charge in [-0.15, -0.1) is 0 Å². The number of nitrogens with zero attached hydrogens (tertiary/aromatic N) is 5. The molecule has 0 aliphatic carbocycles. The fourth-order valence-electron chi connectivity index (χ4n) is 4.06. The molecule has 1 aliphatic rings. The smallest absolute Gasteiger partial charge is 0.253 e. The molecule has 0 saturated carbocycles. The van der Waals surface area contributed by atoms with Gasteiger partial charge in [0.1, 0.15) is 11.5 Å². The quantitative estimate of drug-likeness (QED) is 0.662. The van der Waals surface area contributed by atoms with E-state index in [2.05, 4.69) is 15.5 Å². The number of likely N-dealkylation sites (tertiary alicyclic amines) is 1. The lowest BCUT2D eigenvalue weighted by molar-refractivity contribution is -0.121. The Morgan fingerprint density at radius 1 is 1.19 bits per heavy atom. The van der Waals surface area contributed by atoms with Gasteiger partial charge in [0, 0.05) is 43.0 Å². The Hall–Kier alpha value is -3.49. The Morgan fingerprint density at radius 2 is 1.94 bits per heavy atom. The second kappa shape index (κ2) is 8.94. The SMILES string of the molecule is CCn1cc(NC(=O)C2CCN(C(=O)c3ccc(-n4nc(C)cc4C)c(F)c3)CC2)cn1. The third-order valence-electron chi connectivity index (χ3n) is 5.81. The van der Waals surface area contributed by atoms with E-state index in [1.807, 2.05) is 26.8 Å². The van der Waals surface area contributed by atoms with Crippen LogP contribution < -0.4 is 5.32 Å². The number of hydrogen-bond donors (Lipinski definition) is 1. The predicted octanol–water partition coefficient (Wildman–Crippen LogP) is 3.34. The first-order valence-electron chi connectivity index (χ1n) is 10.8. The van der Waals surface area contributed by atoms with Crippen molar-refractivity contribution in [1.82, 2.24) is 24.5 Å². The third kappa shape index (κ3) is 4.42. The molecule has 8 nitrogen and oxygen atoms in total. The Bertz CT molecular complexity index is 1140. The van der Waals surface area contributed by atoms with Crippen LogP contribution in [0.5, 0.6) is 0 Å². The standard InChI is InChI=1S/C23H27FN6O2/c1-4-29-14-19(13-25-29)26-22(31)17-7-9-28(10-8-17)23(32)18-5-6-21(20(24)12-18)30-16(3)11-15(2)27-30/h5-6,11-14,17H,4,7-10H2,1-3H3,(H,26,31). The minimum Gasteiger partial charge on any atom is -0.339 e. The molecule has 4 rings (SSSR count). The summed E-state index contributed by atoms with van der Waals surface area (Å²) in [6.45, 7) is 7.32. The largest absolute Gasteiger partial charge is 0.339 e. The van der Waals surface area contributed by atoms with E-state index in [-0.39, 0.29) is 17.7 Å². The zero-order chi connectivity index (χ0) is 22.8. The number of piperidine rings is 1. The Morgan fingerprint density at radius 3 is 2.53 bits per heavy atom. The molecule has 1 fully saturated rings. The average Bonchev–Trinajstić information content (AvgIpc) is 3.38. The van der Waals surface area contributed by atoms with Crippen LogP contribution in [0.4, 0.5) is 10.1 Å². The van der Waals surface area contributed by atoms with Crippen LogP contribution in [0.15, 0.2) is 36.7 Å². The van der Waals surface area contributed by atoms with Crippen molar-refractivity contribution in [3.05, 3.63) is 59.4 Å². The lowest BCUT2D eigenvalue weighted by Gasteiger charge is -2.31. The molecular weight excluding hydrogens is 411 g/mol. The van der Waals surface area contributed by atoms with Crippen molar-refractivity contribution in [2.45, 2.75) is 40.2 Å². The van der Waals surface area contributed by atoms with Gasteiger partial charge in [0.15, 0.2) is 0 Å². The molecule has 168 valence electrons. The fourth-order valence-corrected chi connectivity index (χ4v) is 4.06. The molecule has 2 amide bonds. The van der Waals surface area contributed by atoms with Crippen LogP contribution in [0.1, 0.15) is 41.5 Å². The highest BCUT2D eigenvalue weighted by molar-refractivity contribution is 5.95. The first-order chi connectivity index (χ1) is 15.4. The van der Waals surface area contributed by atoms with E-state index in [9.17, 15) is 14.0 Å². The number of carbonyl (C=O) groups is 2. The Balaban J connectivity index is 1.37. The molecule has 1 aliphatic heterocycles. The van der Waals surface area contributed by atoms with E-state index >= 15 is 0 Å². The molecule has 0 bridgehead atoms. The van der Waals surface area contributed by atoms with Gasteiger partial charge in [0.05, 0.1) is 17.6 Å². The van der Waals surface area contributed by atoms with Gasteiger partial charge in [0.2, 0.25) is 5.91 Å². The maximum absolute atomic E-state index is 14.8. The van der Waals surface area contributed by atoms with Gasteiger partial charge in [0.25, 0.3) is 5.91 Å². The summed E-state index contributed by atoms with van der Waals surface area (Å²) in [5, 5.41) is 11.4. The van der Waals surface area contributed by atoms with E-state index in [0.717, 1.165) is 17.9 Å². The number of aromatic nitrogens is 4. The number of carbonyl (C=O) groups excluding carboxylic acids is 2. The summed E-state index contributed by atoms with van der Waals surface area (Å²) >= 11 is 0. The van der Waals surface area contributed by atoms with Crippen molar-refractivity contribution in [2.75, 3.05) is 18.4 Å². The third-order valence-corrected chi connectivity index (χ3v) is 5.81. The number of benzene rings is 1. The van der Waals surface area contributed by atoms with Crippen molar-refractivity contribution in [1.29, 1.82) is 0 Å². The van der Waals surface area contributed by atoms with Crippen molar-refractivity contribution in [3.8, 4) is 5.69 Å². The normalized spacial score (nSPS) is 14.6. The van der Waals surface area contributed by atoms with Crippen LogP contribution in [0.25, 0.3) is 5.69 Å². The first-order valence-corrected chi connectivity index (χ1v) is 10.8. The number of amides is 2. The number of nitrogens with one attached hydrogen (secondary N) is 1. The topological polar surface area (TPSA) is 85.0 Å². The van der Waals surface area contributed by atoms with Gasteiger partial charge >= 0.3 is 0 Å². The van der Waals surface area contributed by atoms with E-state index in [0.29, 0.717) is 42.9 Å². The Labute approximate surface area is 186 Å². The molecule has 1 aromatic carbocycles. The van der Waals surface area contributed by atoms with E-state index < -0.39 is 5.82 Å². The number of anilines is 1. The van der Waals surface area contributed by atoms with Crippen LogP contribution in [0.2, 0.25) is 0 Å². The van der Waals surface area contributed by atoms with Gasteiger partial charge in [-0.1, -0.05) is 0 Å². The number of aryl methyl sites for hydroxylation is 3. The minimum absolute atomic E-state index is 0.0620. The van der Waals surface area contributed by atoms with Crippen molar-refractivity contribution >= 4 is 17.5 Å². The van der Waals surface area contributed by atoms with Crippen LogP contribution in [0.3, 0.4) is 0 Å². The molecule has 3 aromatic rings. The van der Waals surface area contributed by atoms with Crippen LogP contribution in [0, 0.1) is 25.6 Å². The van der Waals surface area contributed by atoms with E-state index in [1.165, 1.54) is 10.7 Å². The second-order valence-electron chi connectivity index (χ2n) is 8.15. The molecule has 1 N–H and O–H groups in total. The first kappa shape index (κ1) is 21.7. The van der Waals surface area contributed by atoms with E-state index in [4.69, 9.17) is 0 Å². The molecule has 1 saturated heterocycles. The summed E-state index contributed by atoms with van der Waals surface area (Å²) in [5.74, 6) is -0.960. The second-order valence-corrected chi connectivity index (χ2v) is 8.15. The number of hydrogen-bond acceptors (Lipinski definition) is 4. The lowest BCUT2D eigenvalue weighted by atomic mass is 9.95. The molecular formula is C23H27FN6O2. The van der Waals surface area contributed by atoms with Crippen molar-refractivity contribution < 1.29 is 14.0 Å². The Kier molecular flexibility index (Phi) is 6.07. The average molecular weight is 439 g/mol. The number of halogens is 1. The highest BCUT2D eigenvalue weighted by Crippen LogP contribution is 2.23. The zero-order valence-corrected chi connectivity index (χ0v) is 18.5. The molecule has 3 heterocycles. The van der Waals surface area contributed by atoms with Crippen molar-refractivity contribution in [3.63, 3.8) is 0 Å². The maximum Gasteiger partial charge on any atom is 0.253 e. The molecule has 9 heteroatoms. The van der Waals surface area contributed by atoms with Crippen LogP contribution in [-0.2, 0) is 11.3 Å². The van der Waals surface area contributed by atoms with Gasteiger partial charge in [-0.25, -0.2) is 9.07 Å². The zero-order valence-electron chi connectivity index (χ0n) is 18.5. The monoisotopic (exact) mass is 438 g/mol. The molecule has 32 heavy (non-hydrogen) atoms. The highest BCUT2D eigenvalue weighted by atomic mass is 19.1. The molecule has 2 aromatic heterocycles. The maximum atomic E-state index is 14.8. The summed E-state index contributed by atoms with van der Waals surface area (Å²) in [4.78, 5) is 27.1. The van der Waals surface area contributed by atoms with Gasteiger partial charge in [-0.05, 0) is 57.9 Å². The fraction of sp³-hybridized carbons (Fsp3) is 0.391. The van der Waals surface area contributed by atoms with Crippen LogP contribution in [-0.4, -0.2) is 49.4 Å². The summed E-state index contributed by atoms with van der Waals surface area (Å²) in [6.07, 6.45) is 4.54. The molecule has 0 radical (unpaired) electrons. The van der Waals surface area contributed by atoms with Gasteiger partial charge < -0.3 is 10.2 Å². The minimum atomic E-state index is -0.496. The summed E-state index contributed by atoms with van der Waals surface area (Å²) in [7, 11) is 0. The van der Waals surface area contributed by atoms with E-state index in [1.54, 1.807) is 34.1 Å². The molecule has 0 atom stereocenters. The van der Waals surface area contributed by atoms with Crippen molar-refractivity contribution in [2.24, 2.45) is 5.92 Å². The highest BCUT2D eigenvalue weighted by Gasteiger charge is 2.28.